The number of hydrogen-bond acceptors (Lipinski definition) is 10. The first-order valence-corrected chi connectivity index (χ1v) is 11.2. The molecule has 0 bridgehead atoms. The monoisotopic (exact) mass is 487 g/mol. The number of carbonyl (C=O) groups is 1. The standard InChI is InChI=1S/C25H21N5O6/c1-14(31)22-23(21-13-26-10-11-35-21)17-7-6-15(12-20(17)36-24(22)32)28-25-27-9-8-18(29-25)16-4-2-3-5-19(16)30(33)34/h2-9,12,21,26H,10-11,13H2,1H3,(H,27,28,29). The van der Waals surface area contributed by atoms with E-state index in [1.807, 2.05) is 0 Å². The van der Waals surface area contributed by atoms with Gasteiger partial charge < -0.3 is 19.8 Å². The van der Waals surface area contributed by atoms with Crippen molar-refractivity contribution in [2.24, 2.45) is 0 Å². The van der Waals surface area contributed by atoms with Crippen molar-refractivity contribution in [2.45, 2.75) is 13.0 Å². The van der Waals surface area contributed by atoms with Gasteiger partial charge in [-0.05, 0) is 31.2 Å². The molecule has 2 aromatic carbocycles. The fraction of sp³-hybridized carbons (Fsp3) is 0.200. The molecule has 182 valence electrons. The summed E-state index contributed by atoms with van der Waals surface area (Å²) >= 11 is 0. The van der Waals surface area contributed by atoms with Gasteiger partial charge >= 0.3 is 5.63 Å². The van der Waals surface area contributed by atoms with Crippen molar-refractivity contribution in [3.05, 3.63) is 86.4 Å². The zero-order chi connectivity index (χ0) is 25.2. The van der Waals surface area contributed by atoms with Crippen molar-refractivity contribution < 1.29 is 18.9 Å². The molecular formula is C25H21N5O6. The van der Waals surface area contributed by atoms with E-state index in [0.29, 0.717) is 47.6 Å². The van der Waals surface area contributed by atoms with Gasteiger partial charge in [-0.25, -0.2) is 14.8 Å². The molecule has 1 saturated heterocycles. The van der Waals surface area contributed by atoms with Gasteiger partial charge in [0.25, 0.3) is 5.69 Å². The van der Waals surface area contributed by atoms with Crippen LogP contribution in [0.5, 0.6) is 0 Å². The summed E-state index contributed by atoms with van der Waals surface area (Å²) in [7, 11) is 0. The Labute approximate surface area is 204 Å². The summed E-state index contributed by atoms with van der Waals surface area (Å²) in [6.45, 7) is 2.93. The van der Waals surface area contributed by atoms with Crippen LogP contribution in [0.15, 0.2) is 63.9 Å². The summed E-state index contributed by atoms with van der Waals surface area (Å²) in [5, 5.41) is 18.3. The number of fused-ring (bicyclic) bond motifs is 1. The predicted octanol–water partition coefficient (Wildman–Crippen LogP) is 3.77. The van der Waals surface area contributed by atoms with Crippen molar-refractivity contribution in [1.29, 1.82) is 0 Å². The van der Waals surface area contributed by atoms with Gasteiger partial charge in [0.2, 0.25) is 5.95 Å². The topological polar surface area (TPSA) is 149 Å². The number of nitro benzene ring substituents is 1. The molecule has 0 radical (unpaired) electrons. The molecule has 1 aliphatic rings. The molecule has 11 heteroatoms. The maximum Gasteiger partial charge on any atom is 0.347 e. The molecule has 4 aromatic rings. The molecule has 1 aliphatic heterocycles. The molecule has 36 heavy (non-hydrogen) atoms. The van der Waals surface area contributed by atoms with Crippen LogP contribution in [0.3, 0.4) is 0 Å². The van der Waals surface area contributed by atoms with E-state index in [2.05, 4.69) is 20.6 Å². The van der Waals surface area contributed by atoms with Crippen molar-refractivity contribution in [2.75, 3.05) is 25.0 Å². The van der Waals surface area contributed by atoms with Crippen LogP contribution in [0.25, 0.3) is 22.2 Å². The highest BCUT2D eigenvalue weighted by molar-refractivity contribution is 6.00. The lowest BCUT2D eigenvalue weighted by atomic mass is 9.96. The summed E-state index contributed by atoms with van der Waals surface area (Å²) in [6.07, 6.45) is 1.03. The first-order chi connectivity index (χ1) is 17.4. The van der Waals surface area contributed by atoms with E-state index in [-0.39, 0.29) is 22.8 Å². The Kier molecular flexibility index (Phi) is 6.23. The second-order valence-corrected chi connectivity index (χ2v) is 8.17. The summed E-state index contributed by atoms with van der Waals surface area (Å²) in [4.78, 5) is 44.6. The molecule has 1 fully saturated rings. The lowest BCUT2D eigenvalue weighted by molar-refractivity contribution is -0.384. The van der Waals surface area contributed by atoms with Crippen LogP contribution in [-0.4, -0.2) is 40.4 Å². The first-order valence-electron chi connectivity index (χ1n) is 11.2. The number of ether oxygens (including phenoxy) is 1. The largest absolute Gasteiger partial charge is 0.422 e. The molecule has 11 nitrogen and oxygen atoms in total. The lowest BCUT2D eigenvalue weighted by Crippen LogP contribution is -2.35. The van der Waals surface area contributed by atoms with Gasteiger partial charge in [0.15, 0.2) is 5.78 Å². The fourth-order valence-corrected chi connectivity index (χ4v) is 4.27. The van der Waals surface area contributed by atoms with Gasteiger partial charge in [-0.15, -0.1) is 0 Å². The highest BCUT2D eigenvalue weighted by atomic mass is 16.6. The second kappa shape index (κ2) is 9.64. The first kappa shape index (κ1) is 23.3. The molecule has 1 unspecified atom stereocenters. The van der Waals surface area contributed by atoms with Gasteiger partial charge in [-0.3, -0.25) is 14.9 Å². The number of Topliss-reactive ketones (excluding diaryl/α,β-unsaturated/α-hetero) is 1. The smallest absolute Gasteiger partial charge is 0.347 e. The summed E-state index contributed by atoms with van der Waals surface area (Å²) in [5.41, 5.74) is 1.22. The van der Waals surface area contributed by atoms with Crippen LogP contribution >= 0.6 is 0 Å². The third-order valence-corrected chi connectivity index (χ3v) is 5.84. The number of anilines is 2. The molecule has 0 aliphatic carbocycles. The molecule has 3 heterocycles. The van der Waals surface area contributed by atoms with E-state index in [4.69, 9.17) is 9.15 Å². The number of carbonyl (C=O) groups excluding carboxylic acids is 1. The van der Waals surface area contributed by atoms with E-state index in [9.17, 15) is 19.7 Å². The number of nitrogens with one attached hydrogen (secondary N) is 2. The van der Waals surface area contributed by atoms with Crippen LogP contribution in [-0.2, 0) is 4.74 Å². The SMILES string of the molecule is CC(=O)c1c(C2CNCCO2)c2ccc(Nc3nccc(-c4ccccc4[N+](=O)[O-])n3)cc2oc1=O. The average molecular weight is 487 g/mol. The summed E-state index contributed by atoms with van der Waals surface area (Å²) in [6, 6.07) is 13.0. The normalized spacial score (nSPS) is 15.5. The van der Waals surface area contributed by atoms with Crippen LogP contribution < -0.4 is 16.3 Å². The van der Waals surface area contributed by atoms with Crippen LogP contribution in [0, 0.1) is 10.1 Å². The second-order valence-electron chi connectivity index (χ2n) is 8.17. The zero-order valence-electron chi connectivity index (χ0n) is 19.2. The Morgan fingerprint density at radius 1 is 1.22 bits per heavy atom. The Balaban J connectivity index is 1.53. The van der Waals surface area contributed by atoms with Crippen LogP contribution in [0.2, 0.25) is 0 Å². The van der Waals surface area contributed by atoms with E-state index in [1.54, 1.807) is 42.5 Å². The number of aromatic nitrogens is 2. The van der Waals surface area contributed by atoms with E-state index in [1.165, 1.54) is 19.2 Å². The maximum atomic E-state index is 12.7. The van der Waals surface area contributed by atoms with Gasteiger partial charge in [-0.1, -0.05) is 12.1 Å². The number of rotatable bonds is 6. The fourth-order valence-electron chi connectivity index (χ4n) is 4.27. The highest BCUT2D eigenvalue weighted by Crippen LogP contribution is 2.32. The quantitative estimate of drug-likeness (QED) is 0.178. The maximum absolute atomic E-state index is 12.7. The van der Waals surface area contributed by atoms with Crippen molar-refractivity contribution >= 4 is 34.1 Å². The molecule has 0 amide bonds. The minimum absolute atomic E-state index is 0.0163. The Bertz CT molecular complexity index is 1540. The number of hydrogen-bond donors (Lipinski definition) is 2. The Hall–Kier alpha value is -4.48. The number of benzene rings is 2. The third kappa shape index (κ3) is 4.44. The van der Waals surface area contributed by atoms with Gasteiger partial charge in [0.1, 0.15) is 11.1 Å². The highest BCUT2D eigenvalue weighted by Gasteiger charge is 2.27. The molecule has 1 atom stereocenters. The van der Waals surface area contributed by atoms with Gasteiger partial charge in [0, 0.05) is 48.1 Å². The Morgan fingerprint density at radius 3 is 2.81 bits per heavy atom. The minimum atomic E-state index is -0.731. The number of morpholine rings is 1. The molecular weight excluding hydrogens is 466 g/mol. The van der Waals surface area contributed by atoms with Gasteiger partial charge in [0.05, 0.1) is 28.9 Å². The van der Waals surface area contributed by atoms with E-state index >= 15 is 0 Å². The summed E-state index contributed by atoms with van der Waals surface area (Å²) < 4.78 is 11.3. The minimum Gasteiger partial charge on any atom is -0.422 e. The third-order valence-electron chi connectivity index (χ3n) is 5.84. The predicted molar refractivity (Wildman–Crippen MR) is 131 cm³/mol. The average Bonchev–Trinajstić information content (AvgIpc) is 2.88. The van der Waals surface area contributed by atoms with Crippen LogP contribution in [0.4, 0.5) is 17.3 Å². The summed E-state index contributed by atoms with van der Waals surface area (Å²) in [5.74, 6) is -0.190. The van der Waals surface area contributed by atoms with Crippen LogP contribution in [0.1, 0.15) is 28.9 Å². The molecule has 0 spiro atoms. The zero-order valence-corrected chi connectivity index (χ0v) is 19.2. The number of ketones is 1. The molecule has 0 saturated carbocycles. The number of nitrogens with zero attached hydrogens (tertiary/aromatic N) is 3. The molecule has 2 N–H and O–H groups in total. The number of para-hydroxylation sites is 1. The van der Waals surface area contributed by atoms with E-state index in [0.717, 1.165) is 0 Å². The van der Waals surface area contributed by atoms with Crippen molar-refractivity contribution in [3.63, 3.8) is 0 Å². The lowest BCUT2D eigenvalue weighted by Gasteiger charge is -2.26. The molecule has 2 aromatic heterocycles. The van der Waals surface area contributed by atoms with Gasteiger partial charge in [-0.2, -0.15) is 0 Å². The molecule has 5 rings (SSSR count). The Morgan fingerprint density at radius 2 is 2.06 bits per heavy atom. The van der Waals surface area contributed by atoms with E-state index < -0.39 is 22.4 Å². The van der Waals surface area contributed by atoms with Crippen molar-refractivity contribution in [1.82, 2.24) is 15.3 Å². The van der Waals surface area contributed by atoms with Crippen molar-refractivity contribution in [3.8, 4) is 11.3 Å². The number of nitro groups is 1.